The molecule has 0 amide bonds. The van der Waals surface area contributed by atoms with E-state index in [1.165, 1.54) is 30.6 Å². The average Bonchev–Trinajstić information content (AvgIpc) is 2.80. The van der Waals surface area contributed by atoms with Gasteiger partial charge < -0.3 is 5.73 Å². The van der Waals surface area contributed by atoms with Crippen molar-refractivity contribution < 1.29 is 8.42 Å². The molecule has 1 aromatic heterocycles. The van der Waals surface area contributed by atoms with E-state index in [0.29, 0.717) is 27.7 Å². The summed E-state index contributed by atoms with van der Waals surface area (Å²) in [6, 6.07) is 1.65. The van der Waals surface area contributed by atoms with Crippen LogP contribution in [-0.2, 0) is 16.6 Å². The lowest BCUT2D eigenvalue weighted by molar-refractivity contribution is 0.357. The molecule has 1 aliphatic carbocycles. The van der Waals surface area contributed by atoms with Crippen LogP contribution in [0.5, 0.6) is 0 Å². The molecule has 0 atom stereocenters. The van der Waals surface area contributed by atoms with Crippen LogP contribution in [-0.4, -0.2) is 15.0 Å². The molecule has 1 aliphatic rings. The lowest BCUT2D eigenvalue weighted by atomic mass is 9.90. The van der Waals surface area contributed by atoms with Crippen molar-refractivity contribution in [2.45, 2.75) is 43.5 Å². The van der Waals surface area contributed by atoms with E-state index >= 15 is 0 Å². The normalized spacial score (nSPS) is 17.8. The Bertz CT molecular complexity index is 522. The second-order valence-electron chi connectivity index (χ2n) is 4.91. The molecule has 4 nitrogen and oxygen atoms in total. The average molecular weight is 367 g/mol. The molecule has 0 spiro atoms. The third-order valence-electron chi connectivity index (χ3n) is 3.48. The third-order valence-corrected chi connectivity index (χ3v) is 7.18. The number of hydrogen-bond acceptors (Lipinski definition) is 4. The van der Waals surface area contributed by atoms with Gasteiger partial charge in [0.05, 0.1) is 3.79 Å². The zero-order valence-electron chi connectivity index (χ0n) is 10.7. The minimum Gasteiger partial charge on any atom is -0.326 e. The van der Waals surface area contributed by atoms with Crippen molar-refractivity contribution in [1.29, 1.82) is 0 Å². The van der Waals surface area contributed by atoms with E-state index in [1.54, 1.807) is 6.07 Å². The topological polar surface area (TPSA) is 72.2 Å². The summed E-state index contributed by atoms with van der Waals surface area (Å²) >= 11 is 4.68. The van der Waals surface area contributed by atoms with Crippen molar-refractivity contribution in [2.24, 2.45) is 11.7 Å². The van der Waals surface area contributed by atoms with Gasteiger partial charge in [0.1, 0.15) is 4.90 Å². The van der Waals surface area contributed by atoms with Gasteiger partial charge in [-0.2, -0.15) is 0 Å². The first-order chi connectivity index (χ1) is 9.03. The quantitative estimate of drug-likeness (QED) is 0.841. The molecule has 19 heavy (non-hydrogen) atoms. The monoisotopic (exact) mass is 366 g/mol. The third kappa shape index (κ3) is 4.01. The van der Waals surface area contributed by atoms with Crippen molar-refractivity contribution in [1.82, 2.24) is 4.72 Å². The summed E-state index contributed by atoms with van der Waals surface area (Å²) in [4.78, 5) is 1.18. The Morgan fingerprint density at radius 3 is 2.63 bits per heavy atom. The SMILES string of the molecule is NCc1cc(S(=O)(=O)NCC2CCCCC2)c(Br)s1. The Balaban J connectivity index is 2.02. The van der Waals surface area contributed by atoms with Crippen LogP contribution in [0, 0.1) is 5.92 Å². The van der Waals surface area contributed by atoms with Gasteiger partial charge in [0, 0.05) is 18.0 Å². The maximum absolute atomic E-state index is 12.2. The molecule has 0 aromatic carbocycles. The van der Waals surface area contributed by atoms with E-state index < -0.39 is 10.0 Å². The van der Waals surface area contributed by atoms with Crippen molar-refractivity contribution in [3.8, 4) is 0 Å². The first-order valence-electron chi connectivity index (χ1n) is 6.51. The smallest absolute Gasteiger partial charge is 0.242 e. The molecule has 7 heteroatoms. The minimum atomic E-state index is -3.42. The van der Waals surface area contributed by atoms with Crippen LogP contribution in [0.25, 0.3) is 0 Å². The first-order valence-corrected chi connectivity index (χ1v) is 9.60. The van der Waals surface area contributed by atoms with Crippen LogP contribution in [0.1, 0.15) is 37.0 Å². The summed E-state index contributed by atoms with van der Waals surface area (Å²) in [7, 11) is -3.42. The van der Waals surface area contributed by atoms with Gasteiger partial charge in [0.2, 0.25) is 10.0 Å². The van der Waals surface area contributed by atoms with Crippen LogP contribution >= 0.6 is 27.3 Å². The maximum atomic E-state index is 12.2. The molecular weight excluding hydrogens is 348 g/mol. The number of hydrogen-bond donors (Lipinski definition) is 2. The summed E-state index contributed by atoms with van der Waals surface area (Å²) in [5, 5.41) is 0. The summed E-state index contributed by atoms with van der Waals surface area (Å²) in [6.07, 6.45) is 5.96. The molecule has 0 radical (unpaired) electrons. The number of sulfonamides is 1. The van der Waals surface area contributed by atoms with Gasteiger partial charge in [-0.15, -0.1) is 11.3 Å². The molecule has 0 bridgehead atoms. The van der Waals surface area contributed by atoms with Crippen LogP contribution < -0.4 is 10.5 Å². The zero-order valence-corrected chi connectivity index (χ0v) is 13.9. The number of rotatable bonds is 5. The van der Waals surface area contributed by atoms with Gasteiger partial charge in [-0.25, -0.2) is 13.1 Å². The molecule has 108 valence electrons. The largest absolute Gasteiger partial charge is 0.326 e. The van der Waals surface area contributed by atoms with Crippen molar-refractivity contribution in [2.75, 3.05) is 6.54 Å². The highest BCUT2D eigenvalue weighted by Crippen LogP contribution is 2.31. The van der Waals surface area contributed by atoms with E-state index in [0.717, 1.165) is 17.7 Å². The minimum absolute atomic E-state index is 0.314. The van der Waals surface area contributed by atoms with Crippen LogP contribution in [0.3, 0.4) is 0 Å². The Morgan fingerprint density at radius 2 is 2.05 bits per heavy atom. The van der Waals surface area contributed by atoms with Gasteiger partial charge in [0.25, 0.3) is 0 Å². The van der Waals surface area contributed by atoms with Crippen LogP contribution in [0.4, 0.5) is 0 Å². The highest BCUT2D eigenvalue weighted by Gasteiger charge is 2.22. The summed E-state index contributed by atoms with van der Waals surface area (Å²) in [6.45, 7) is 0.907. The van der Waals surface area contributed by atoms with E-state index in [9.17, 15) is 8.42 Å². The highest BCUT2D eigenvalue weighted by molar-refractivity contribution is 9.11. The van der Waals surface area contributed by atoms with Gasteiger partial charge in [-0.1, -0.05) is 19.3 Å². The fourth-order valence-electron chi connectivity index (χ4n) is 2.38. The summed E-state index contributed by atoms with van der Waals surface area (Å²) in [5.74, 6) is 0.481. The first kappa shape index (κ1) is 15.4. The van der Waals surface area contributed by atoms with Crippen LogP contribution in [0.2, 0.25) is 0 Å². The predicted octanol–water partition coefficient (Wildman–Crippen LogP) is 2.83. The van der Waals surface area contributed by atoms with Gasteiger partial charge >= 0.3 is 0 Å². The fraction of sp³-hybridized carbons (Fsp3) is 0.667. The lowest BCUT2D eigenvalue weighted by Gasteiger charge is -2.21. The molecule has 1 aromatic rings. The molecule has 3 N–H and O–H groups in total. The van der Waals surface area contributed by atoms with Gasteiger partial charge in [0.15, 0.2) is 0 Å². The second kappa shape index (κ2) is 6.67. The number of nitrogens with two attached hydrogens (primary N) is 1. The molecular formula is C12H19BrN2O2S2. The molecule has 0 saturated heterocycles. The molecule has 1 heterocycles. The Labute approximate surface area is 127 Å². The predicted molar refractivity (Wildman–Crippen MR) is 81.7 cm³/mol. The Kier molecular flexibility index (Phi) is 5.42. The molecule has 2 rings (SSSR count). The van der Waals surface area contributed by atoms with Crippen LogP contribution in [0.15, 0.2) is 14.7 Å². The second-order valence-corrected chi connectivity index (χ2v) is 9.10. The lowest BCUT2D eigenvalue weighted by Crippen LogP contribution is -2.30. The van der Waals surface area contributed by atoms with Gasteiger partial charge in [-0.3, -0.25) is 0 Å². The Morgan fingerprint density at radius 1 is 1.37 bits per heavy atom. The van der Waals surface area contributed by atoms with E-state index in [1.807, 2.05) is 0 Å². The fourth-order valence-corrected chi connectivity index (χ4v) is 6.05. The number of halogens is 1. The van der Waals surface area contributed by atoms with Crippen molar-refractivity contribution >= 4 is 37.3 Å². The Hall–Kier alpha value is 0.0500. The summed E-state index contributed by atoms with van der Waals surface area (Å²) < 4.78 is 27.9. The standard InChI is InChI=1S/C12H19BrN2O2S2/c13-12-11(6-10(7-14)18-12)19(16,17)15-8-9-4-2-1-3-5-9/h6,9,15H,1-5,7-8,14H2. The van der Waals surface area contributed by atoms with E-state index in [2.05, 4.69) is 20.7 Å². The zero-order chi connectivity index (χ0) is 13.9. The summed E-state index contributed by atoms with van der Waals surface area (Å²) in [5.41, 5.74) is 5.54. The van der Waals surface area contributed by atoms with Crippen molar-refractivity contribution in [3.63, 3.8) is 0 Å². The molecule has 1 saturated carbocycles. The van der Waals surface area contributed by atoms with E-state index in [4.69, 9.17) is 5.73 Å². The van der Waals surface area contributed by atoms with Crippen molar-refractivity contribution in [3.05, 3.63) is 14.7 Å². The van der Waals surface area contributed by atoms with E-state index in [-0.39, 0.29) is 0 Å². The number of thiophene rings is 1. The molecule has 0 unspecified atom stereocenters. The molecule has 0 aliphatic heterocycles. The maximum Gasteiger partial charge on any atom is 0.242 e. The molecule has 1 fully saturated rings. The highest BCUT2D eigenvalue weighted by atomic mass is 79.9. The number of nitrogens with one attached hydrogen (secondary N) is 1. The van der Waals surface area contributed by atoms with Gasteiger partial charge in [-0.05, 0) is 40.8 Å².